The lowest BCUT2D eigenvalue weighted by Crippen LogP contribution is -2.48. The molecule has 5 rings (SSSR count). The van der Waals surface area contributed by atoms with Crippen LogP contribution >= 0.6 is 0 Å². The molecule has 2 saturated carbocycles. The molecule has 1 atom stereocenters. The summed E-state index contributed by atoms with van der Waals surface area (Å²) in [6, 6.07) is 11.5. The Morgan fingerprint density at radius 3 is 2.00 bits per heavy atom. The predicted octanol–water partition coefficient (Wildman–Crippen LogP) is 5.95. The molecule has 7 nitrogen and oxygen atoms in total. The van der Waals surface area contributed by atoms with E-state index < -0.39 is 35.7 Å². The molecule has 0 bridgehead atoms. The fourth-order valence-electron chi connectivity index (χ4n) is 6.18. The summed E-state index contributed by atoms with van der Waals surface area (Å²) in [6.07, 6.45) is -1.53. The molecule has 2 amide bonds. The number of nitrogens with zero attached hydrogens (tertiary/aromatic N) is 1. The first-order valence-corrected chi connectivity index (χ1v) is 13.8. The van der Waals surface area contributed by atoms with Crippen LogP contribution in [0.4, 0.5) is 22.4 Å². The lowest BCUT2D eigenvalue weighted by atomic mass is 9.68. The normalized spacial score (nSPS) is 27.8. The molecule has 41 heavy (non-hydrogen) atoms. The topological polar surface area (TPSA) is 91.1 Å². The highest BCUT2D eigenvalue weighted by molar-refractivity contribution is 5.95. The van der Waals surface area contributed by atoms with Gasteiger partial charge in [-0.15, -0.1) is 0 Å². The van der Waals surface area contributed by atoms with Crippen LogP contribution in [0.25, 0.3) is 0 Å². The second-order valence-electron chi connectivity index (χ2n) is 11.8. The van der Waals surface area contributed by atoms with Crippen molar-refractivity contribution >= 4 is 12.0 Å². The lowest BCUT2D eigenvalue weighted by Gasteiger charge is -2.43. The van der Waals surface area contributed by atoms with Gasteiger partial charge >= 0.3 is 12.3 Å². The van der Waals surface area contributed by atoms with Crippen molar-refractivity contribution in [1.82, 2.24) is 4.90 Å². The number of benzene rings is 2. The van der Waals surface area contributed by atoms with E-state index in [4.69, 9.17) is 19.9 Å². The van der Waals surface area contributed by atoms with Gasteiger partial charge in [0.05, 0.1) is 6.61 Å². The molecule has 0 radical (unpaired) electrons. The molecule has 11 heteroatoms. The zero-order valence-corrected chi connectivity index (χ0v) is 23.0. The highest BCUT2D eigenvalue weighted by Gasteiger charge is 2.64. The van der Waals surface area contributed by atoms with Crippen LogP contribution in [-0.2, 0) is 25.2 Å². The SMILES string of the molecule is CC1(C)OCC(c2ccc(C(=O)N(C3CC3)C3CCC(COC(N)=O)(c4ccc(F)cc4)CC3)cc2)(C(F)(F)F)O1. The van der Waals surface area contributed by atoms with Gasteiger partial charge in [0.15, 0.2) is 5.79 Å². The average molecular weight is 579 g/mol. The second kappa shape index (κ2) is 10.6. The van der Waals surface area contributed by atoms with Gasteiger partial charge < -0.3 is 24.8 Å². The summed E-state index contributed by atoms with van der Waals surface area (Å²) in [4.78, 5) is 27.0. The van der Waals surface area contributed by atoms with Crippen molar-refractivity contribution in [2.45, 2.75) is 87.4 Å². The lowest BCUT2D eigenvalue weighted by molar-refractivity contribution is -0.289. The van der Waals surface area contributed by atoms with Crippen molar-refractivity contribution in [3.05, 3.63) is 71.0 Å². The maximum absolute atomic E-state index is 14.2. The molecule has 3 aliphatic rings. The third-order valence-electron chi connectivity index (χ3n) is 8.53. The van der Waals surface area contributed by atoms with E-state index in [0.29, 0.717) is 31.2 Å². The second-order valence-corrected chi connectivity index (χ2v) is 11.8. The fourth-order valence-corrected chi connectivity index (χ4v) is 6.18. The Balaban J connectivity index is 1.34. The number of halogens is 4. The van der Waals surface area contributed by atoms with E-state index in [1.165, 1.54) is 50.2 Å². The molecule has 3 fully saturated rings. The molecule has 2 N–H and O–H groups in total. The van der Waals surface area contributed by atoms with Gasteiger partial charge in [0, 0.05) is 23.1 Å². The number of nitrogens with two attached hydrogens (primary N) is 1. The minimum absolute atomic E-state index is 0.0447. The predicted molar refractivity (Wildman–Crippen MR) is 140 cm³/mol. The Bertz CT molecular complexity index is 1270. The van der Waals surface area contributed by atoms with Crippen LogP contribution in [0, 0.1) is 5.82 Å². The monoisotopic (exact) mass is 578 g/mol. The summed E-state index contributed by atoms with van der Waals surface area (Å²) in [5.41, 5.74) is 3.06. The molecule has 0 aromatic heterocycles. The molecule has 1 unspecified atom stereocenters. The number of alkyl halides is 3. The number of hydrogen-bond donors (Lipinski definition) is 1. The smallest absolute Gasteiger partial charge is 0.424 e. The third-order valence-corrected chi connectivity index (χ3v) is 8.53. The van der Waals surface area contributed by atoms with Crippen molar-refractivity contribution in [3.8, 4) is 0 Å². The summed E-state index contributed by atoms with van der Waals surface area (Å²) < 4.78 is 72.0. The van der Waals surface area contributed by atoms with Gasteiger partial charge in [-0.2, -0.15) is 13.2 Å². The van der Waals surface area contributed by atoms with Gasteiger partial charge in [-0.1, -0.05) is 24.3 Å². The van der Waals surface area contributed by atoms with Crippen molar-refractivity contribution in [1.29, 1.82) is 0 Å². The van der Waals surface area contributed by atoms with Crippen LogP contribution in [0.5, 0.6) is 0 Å². The Morgan fingerprint density at radius 1 is 0.951 bits per heavy atom. The number of amides is 2. The largest absolute Gasteiger partial charge is 0.449 e. The van der Waals surface area contributed by atoms with Crippen molar-refractivity contribution < 1.29 is 41.4 Å². The minimum atomic E-state index is -4.72. The quantitative estimate of drug-likeness (QED) is 0.411. The average Bonchev–Trinajstić information content (AvgIpc) is 3.69. The van der Waals surface area contributed by atoms with Crippen LogP contribution < -0.4 is 5.73 Å². The molecule has 0 spiro atoms. The zero-order valence-electron chi connectivity index (χ0n) is 23.0. The van der Waals surface area contributed by atoms with Gasteiger partial charge in [0.2, 0.25) is 5.60 Å². The maximum Gasteiger partial charge on any atom is 0.424 e. The third kappa shape index (κ3) is 5.79. The summed E-state index contributed by atoms with van der Waals surface area (Å²) in [6.45, 7) is 2.23. The van der Waals surface area contributed by atoms with E-state index in [9.17, 15) is 27.2 Å². The van der Waals surface area contributed by atoms with Crippen LogP contribution in [0.1, 0.15) is 73.9 Å². The molecule has 1 saturated heterocycles. The van der Waals surface area contributed by atoms with E-state index in [2.05, 4.69) is 0 Å². The number of carbonyl (C=O) groups excluding carboxylic acids is 2. The molecular formula is C30H34F4N2O5. The van der Waals surface area contributed by atoms with Gasteiger partial charge in [-0.3, -0.25) is 4.79 Å². The Kier molecular flexibility index (Phi) is 7.57. The number of ether oxygens (including phenoxy) is 3. The number of rotatable bonds is 7. The van der Waals surface area contributed by atoms with E-state index in [1.54, 1.807) is 12.1 Å². The maximum atomic E-state index is 14.2. The van der Waals surface area contributed by atoms with Crippen LogP contribution in [0.15, 0.2) is 48.5 Å². The molecule has 1 aliphatic heterocycles. The number of hydrogen-bond acceptors (Lipinski definition) is 5. The van der Waals surface area contributed by atoms with E-state index in [-0.39, 0.29) is 36.0 Å². The van der Waals surface area contributed by atoms with Gasteiger partial charge in [-0.05, 0) is 87.8 Å². The first-order valence-electron chi connectivity index (χ1n) is 13.8. The van der Waals surface area contributed by atoms with Crippen molar-refractivity contribution in [2.75, 3.05) is 13.2 Å². The van der Waals surface area contributed by atoms with Crippen LogP contribution in [0.2, 0.25) is 0 Å². The Hall–Kier alpha value is -3.18. The molecule has 222 valence electrons. The summed E-state index contributed by atoms with van der Waals surface area (Å²) in [5.74, 6) is -2.02. The highest BCUT2D eigenvalue weighted by atomic mass is 19.4. The number of primary amides is 1. The number of carbonyl (C=O) groups is 2. The first-order chi connectivity index (χ1) is 19.3. The summed E-state index contributed by atoms with van der Waals surface area (Å²) in [7, 11) is 0. The minimum Gasteiger partial charge on any atom is -0.449 e. The van der Waals surface area contributed by atoms with E-state index in [1.807, 2.05) is 4.90 Å². The Labute approximate surface area is 235 Å². The molecule has 1 heterocycles. The van der Waals surface area contributed by atoms with Crippen LogP contribution in [0.3, 0.4) is 0 Å². The fraction of sp³-hybridized carbons (Fsp3) is 0.533. The van der Waals surface area contributed by atoms with Gasteiger partial charge in [-0.25, -0.2) is 9.18 Å². The van der Waals surface area contributed by atoms with Crippen LogP contribution in [-0.4, -0.2) is 54.2 Å². The highest BCUT2D eigenvalue weighted by Crippen LogP contribution is 2.50. The molecular weight excluding hydrogens is 544 g/mol. The zero-order chi connectivity index (χ0) is 29.6. The molecule has 2 aliphatic carbocycles. The first kappa shape index (κ1) is 29.3. The summed E-state index contributed by atoms with van der Waals surface area (Å²) in [5, 5.41) is 0. The molecule has 2 aromatic rings. The van der Waals surface area contributed by atoms with E-state index in [0.717, 1.165) is 18.4 Å². The Morgan fingerprint density at radius 2 is 1.51 bits per heavy atom. The molecule has 2 aromatic carbocycles. The van der Waals surface area contributed by atoms with Gasteiger partial charge in [0.25, 0.3) is 5.91 Å². The van der Waals surface area contributed by atoms with E-state index >= 15 is 0 Å². The standard InChI is InChI=1S/C30H34F4N2O5/c1-27(2)40-18-29(41-27,30(32,33)34)21-5-3-19(4-6-21)25(37)36(23-11-12-23)24-13-15-28(16-14-24,17-39-26(35)38)20-7-9-22(31)10-8-20/h3-10,23-24H,11-18H2,1-2H3,(H2,35,38). The van der Waals surface area contributed by atoms with Crippen molar-refractivity contribution in [2.24, 2.45) is 5.73 Å². The van der Waals surface area contributed by atoms with Crippen molar-refractivity contribution in [3.63, 3.8) is 0 Å². The van der Waals surface area contributed by atoms with Gasteiger partial charge in [0.1, 0.15) is 12.4 Å². The summed E-state index contributed by atoms with van der Waals surface area (Å²) >= 11 is 0.